The standard InChI is InChI=1S/C12H12N4OS.ClH/c17-12(11-7-14-16-18-11)15-10-2-1-8-3-4-13-6-9(8)5-10;/h1-2,5,7,13H,3-4,6H2,(H,15,17);1H. The van der Waals surface area contributed by atoms with Gasteiger partial charge in [-0.25, -0.2) is 0 Å². The Labute approximate surface area is 121 Å². The van der Waals surface area contributed by atoms with E-state index in [2.05, 4.69) is 26.3 Å². The molecule has 0 radical (unpaired) electrons. The van der Waals surface area contributed by atoms with E-state index in [4.69, 9.17) is 0 Å². The number of nitrogens with one attached hydrogen (secondary N) is 2. The molecule has 0 spiro atoms. The van der Waals surface area contributed by atoms with Gasteiger partial charge in [-0.15, -0.1) is 17.5 Å². The molecule has 1 aliphatic rings. The molecular formula is C12H13ClN4OS. The van der Waals surface area contributed by atoms with Crippen molar-refractivity contribution >= 4 is 35.5 Å². The molecule has 3 rings (SSSR count). The molecule has 1 amide bonds. The molecule has 100 valence electrons. The van der Waals surface area contributed by atoms with E-state index in [1.807, 2.05) is 12.1 Å². The summed E-state index contributed by atoms with van der Waals surface area (Å²) in [7, 11) is 0. The number of aromatic nitrogens is 2. The average Bonchev–Trinajstić information content (AvgIpc) is 2.92. The van der Waals surface area contributed by atoms with Crippen molar-refractivity contribution in [1.29, 1.82) is 0 Å². The second-order valence-corrected chi connectivity index (χ2v) is 4.93. The van der Waals surface area contributed by atoms with E-state index in [1.54, 1.807) is 0 Å². The number of halogens is 1. The highest BCUT2D eigenvalue weighted by Crippen LogP contribution is 2.19. The number of rotatable bonds is 2. The highest BCUT2D eigenvalue weighted by Gasteiger charge is 2.12. The van der Waals surface area contributed by atoms with Crippen LogP contribution in [0.4, 0.5) is 5.69 Å². The fraction of sp³-hybridized carbons (Fsp3) is 0.250. The van der Waals surface area contributed by atoms with Crippen LogP contribution >= 0.6 is 23.9 Å². The third kappa shape index (κ3) is 3.09. The zero-order valence-corrected chi connectivity index (χ0v) is 11.7. The lowest BCUT2D eigenvalue weighted by atomic mass is 10.0. The molecule has 19 heavy (non-hydrogen) atoms. The van der Waals surface area contributed by atoms with Gasteiger partial charge in [-0.2, -0.15) is 0 Å². The van der Waals surface area contributed by atoms with Gasteiger partial charge in [0.05, 0.1) is 6.20 Å². The molecule has 0 fully saturated rings. The summed E-state index contributed by atoms with van der Waals surface area (Å²) < 4.78 is 3.68. The van der Waals surface area contributed by atoms with Crippen molar-refractivity contribution in [2.75, 3.05) is 11.9 Å². The van der Waals surface area contributed by atoms with Crippen LogP contribution in [0.2, 0.25) is 0 Å². The minimum atomic E-state index is -0.159. The maximum Gasteiger partial charge on any atom is 0.269 e. The van der Waals surface area contributed by atoms with Crippen LogP contribution in [-0.4, -0.2) is 22.0 Å². The molecule has 0 bridgehead atoms. The third-order valence-corrected chi connectivity index (χ3v) is 3.60. The zero-order valence-electron chi connectivity index (χ0n) is 10.0. The Morgan fingerprint density at radius 1 is 1.37 bits per heavy atom. The topological polar surface area (TPSA) is 66.9 Å². The van der Waals surface area contributed by atoms with Crippen molar-refractivity contribution < 1.29 is 4.79 Å². The van der Waals surface area contributed by atoms with Gasteiger partial charge in [0.2, 0.25) is 0 Å². The molecule has 1 aromatic heterocycles. The number of anilines is 1. The predicted molar refractivity (Wildman–Crippen MR) is 77.0 cm³/mol. The Morgan fingerprint density at radius 2 is 2.26 bits per heavy atom. The van der Waals surface area contributed by atoms with Crippen molar-refractivity contribution in [3.63, 3.8) is 0 Å². The maximum atomic E-state index is 11.8. The quantitative estimate of drug-likeness (QED) is 0.888. The molecule has 2 heterocycles. The molecule has 2 N–H and O–H groups in total. The maximum absolute atomic E-state index is 11.8. The van der Waals surface area contributed by atoms with Gasteiger partial charge in [0.1, 0.15) is 4.88 Å². The first-order chi connectivity index (χ1) is 8.83. The predicted octanol–water partition coefficient (Wildman–Crippen LogP) is 1.86. The zero-order chi connectivity index (χ0) is 12.4. The van der Waals surface area contributed by atoms with Gasteiger partial charge in [-0.3, -0.25) is 4.79 Å². The summed E-state index contributed by atoms with van der Waals surface area (Å²) >= 11 is 1.09. The molecule has 0 aliphatic carbocycles. The highest BCUT2D eigenvalue weighted by atomic mass is 35.5. The minimum Gasteiger partial charge on any atom is -0.321 e. The summed E-state index contributed by atoms with van der Waals surface area (Å²) in [6.45, 7) is 1.88. The lowest BCUT2D eigenvalue weighted by Crippen LogP contribution is -2.23. The molecule has 2 aromatic rings. The molecule has 0 unspecified atom stereocenters. The lowest BCUT2D eigenvalue weighted by molar-refractivity contribution is 0.103. The summed E-state index contributed by atoms with van der Waals surface area (Å²) in [6.07, 6.45) is 2.52. The van der Waals surface area contributed by atoms with E-state index < -0.39 is 0 Å². The van der Waals surface area contributed by atoms with Gasteiger partial charge in [0.25, 0.3) is 5.91 Å². The third-order valence-electron chi connectivity index (χ3n) is 2.94. The Hall–Kier alpha value is -1.50. The van der Waals surface area contributed by atoms with Crippen molar-refractivity contribution in [2.24, 2.45) is 0 Å². The number of fused-ring (bicyclic) bond motifs is 1. The van der Waals surface area contributed by atoms with Crippen molar-refractivity contribution in [1.82, 2.24) is 14.9 Å². The molecule has 1 aliphatic heterocycles. The van der Waals surface area contributed by atoms with E-state index in [0.717, 1.165) is 36.7 Å². The number of amides is 1. The number of hydrogen-bond donors (Lipinski definition) is 2. The number of carbonyl (C=O) groups excluding carboxylic acids is 1. The molecule has 0 saturated carbocycles. The molecule has 0 atom stereocenters. The van der Waals surface area contributed by atoms with Crippen LogP contribution in [0.25, 0.3) is 0 Å². The van der Waals surface area contributed by atoms with Crippen LogP contribution < -0.4 is 10.6 Å². The van der Waals surface area contributed by atoms with E-state index >= 15 is 0 Å². The fourth-order valence-corrected chi connectivity index (χ4v) is 2.43. The number of carbonyl (C=O) groups is 1. The van der Waals surface area contributed by atoms with Gasteiger partial charge >= 0.3 is 0 Å². The monoisotopic (exact) mass is 296 g/mol. The van der Waals surface area contributed by atoms with Crippen LogP contribution in [0.3, 0.4) is 0 Å². The van der Waals surface area contributed by atoms with E-state index in [9.17, 15) is 4.79 Å². The van der Waals surface area contributed by atoms with E-state index in [-0.39, 0.29) is 18.3 Å². The SMILES string of the molecule is Cl.O=C(Nc1ccc2c(c1)CNCC2)c1cnns1. The Morgan fingerprint density at radius 3 is 3.05 bits per heavy atom. The van der Waals surface area contributed by atoms with E-state index in [1.165, 1.54) is 17.3 Å². The number of benzene rings is 1. The number of hydrogen-bond acceptors (Lipinski definition) is 5. The molecule has 0 saturated heterocycles. The normalized spacial score (nSPS) is 13.3. The van der Waals surface area contributed by atoms with Crippen LogP contribution in [0.5, 0.6) is 0 Å². The van der Waals surface area contributed by atoms with Crippen LogP contribution in [-0.2, 0) is 13.0 Å². The molecule has 5 nitrogen and oxygen atoms in total. The van der Waals surface area contributed by atoms with Crippen molar-refractivity contribution in [2.45, 2.75) is 13.0 Å². The largest absolute Gasteiger partial charge is 0.321 e. The highest BCUT2D eigenvalue weighted by molar-refractivity contribution is 7.07. The Kier molecular flexibility index (Phi) is 4.47. The van der Waals surface area contributed by atoms with Crippen molar-refractivity contribution in [3.05, 3.63) is 40.4 Å². The average molecular weight is 297 g/mol. The minimum absolute atomic E-state index is 0. The Balaban J connectivity index is 0.00000133. The van der Waals surface area contributed by atoms with Gasteiger partial charge in [-0.05, 0) is 47.8 Å². The summed E-state index contributed by atoms with van der Waals surface area (Å²) in [6, 6.07) is 6.04. The summed E-state index contributed by atoms with van der Waals surface area (Å²) in [5.41, 5.74) is 3.42. The summed E-state index contributed by atoms with van der Waals surface area (Å²) in [4.78, 5) is 12.4. The van der Waals surface area contributed by atoms with Gasteiger partial charge in [-0.1, -0.05) is 10.6 Å². The van der Waals surface area contributed by atoms with Gasteiger partial charge < -0.3 is 10.6 Å². The smallest absolute Gasteiger partial charge is 0.269 e. The van der Waals surface area contributed by atoms with E-state index in [0.29, 0.717) is 4.88 Å². The summed E-state index contributed by atoms with van der Waals surface area (Å²) in [5.74, 6) is -0.159. The second-order valence-electron chi connectivity index (χ2n) is 4.15. The van der Waals surface area contributed by atoms with Crippen LogP contribution in [0, 0.1) is 0 Å². The lowest BCUT2D eigenvalue weighted by Gasteiger charge is -2.17. The second kappa shape index (κ2) is 6.10. The molecule has 7 heteroatoms. The first-order valence-electron chi connectivity index (χ1n) is 5.74. The van der Waals surface area contributed by atoms with Gasteiger partial charge in [0.15, 0.2) is 0 Å². The number of nitrogens with zero attached hydrogens (tertiary/aromatic N) is 2. The first-order valence-corrected chi connectivity index (χ1v) is 6.51. The van der Waals surface area contributed by atoms with Crippen molar-refractivity contribution in [3.8, 4) is 0 Å². The Bertz CT molecular complexity index is 573. The van der Waals surface area contributed by atoms with Crippen LogP contribution in [0.1, 0.15) is 20.8 Å². The first kappa shape index (κ1) is 13.9. The van der Waals surface area contributed by atoms with Crippen LogP contribution in [0.15, 0.2) is 24.4 Å². The fourth-order valence-electron chi connectivity index (χ4n) is 2.02. The summed E-state index contributed by atoms with van der Waals surface area (Å²) in [5, 5.41) is 9.83. The molecule has 1 aromatic carbocycles. The molecular weight excluding hydrogens is 284 g/mol. The van der Waals surface area contributed by atoms with Gasteiger partial charge in [0, 0.05) is 12.2 Å².